The Balaban J connectivity index is 1.27. The third-order valence-electron chi connectivity index (χ3n) is 5.02. The average Bonchev–Trinajstić information content (AvgIpc) is 3.26. The summed E-state index contributed by atoms with van der Waals surface area (Å²) in [6, 6.07) is 12.3. The number of H-pyrrole nitrogens is 1. The van der Waals surface area contributed by atoms with Gasteiger partial charge in [0.25, 0.3) is 0 Å². The van der Waals surface area contributed by atoms with Gasteiger partial charge in [-0.25, -0.2) is 0 Å². The fraction of sp³-hybridized carbons (Fsp3) is 0.350. The van der Waals surface area contributed by atoms with E-state index < -0.39 is 0 Å². The summed E-state index contributed by atoms with van der Waals surface area (Å²) in [6.07, 6.45) is 3.39. The van der Waals surface area contributed by atoms with Gasteiger partial charge in [-0.2, -0.15) is 0 Å². The molecule has 1 N–H and O–H groups in total. The molecule has 6 heteroatoms. The number of nitrogens with zero attached hydrogens (tertiary/aromatic N) is 2. The highest BCUT2D eigenvalue weighted by molar-refractivity contribution is 7.16. The van der Waals surface area contributed by atoms with Crippen LogP contribution in [0.15, 0.2) is 42.6 Å². The standard InChI is InChI=1S/C20H22ClN3OS/c21-19-7-6-16(26-19)14-23-9-11-24(12-10-23)20(25)8-5-15-13-22-18-4-2-1-3-17(15)18/h1-4,6-7,13,22H,5,8-12,14H2. The number of nitrogens with one attached hydrogen (secondary N) is 1. The van der Waals surface area contributed by atoms with E-state index in [0.717, 1.165) is 49.0 Å². The summed E-state index contributed by atoms with van der Waals surface area (Å²) in [5.41, 5.74) is 2.36. The zero-order valence-electron chi connectivity index (χ0n) is 14.6. The van der Waals surface area contributed by atoms with Crippen LogP contribution in [0, 0.1) is 0 Å². The van der Waals surface area contributed by atoms with Gasteiger partial charge in [-0.05, 0) is 30.2 Å². The Bertz CT molecular complexity index is 895. The number of rotatable bonds is 5. The van der Waals surface area contributed by atoms with Crippen molar-refractivity contribution in [1.29, 1.82) is 0 Å². The van der Waals surface area contributed by atoms with E-state index in [4.69, 9.17) is 11.6 Å². The number of aromatic nitrogens is 1. The summed E-state index contributed by atoms with van der Waals surface area (Å²) in [4.78, 5) is 21.5. The Morgan fingerprint density at radius 3 is 2.69 bits per heavy atom. The van der Waals surface area contributed by atoms with Crippen molar-refractivity contribution in [2.24, 2.45) is 0 Å². The lowest BCUT2D eigenvalue weighted by molar-refractivity contribution is -0.132. The molecule has 1 aliphatic rings. The number of hydrogen-bond donors (Lipinski definition) is 1. The van der Waals surface area contributed by atoms with Gasteiger partial charge >= 0.3 is 0 Å². The monoisotopic (exact) mass is 387 g/mol. The normalized spacial score (nSPS) is 15.7. The van der Waals surface area contributed by atoms with Gasteiger partial charge in [0, 0.05) is 61.1 Å². The molecule has 0 unspecified atom stereocenters. The molecule has 0 bridgehead atoms. The number of carbonyl (C=O) groups is 1. The molecule has 1 aromatic carbocycles. The molecule has 1 saturated heterocycles. The predicted octanol–water partition coefficient (Wildman–Crippen LogP) is 4.16. The van der Waals surface area contributed by atoms with Gasteiger partial charge in [-0.3, -0.25) is 9.69 Å². The maximum atomic E-state index is 12.6. The highest BCUT2D eigenvalue weighted by atomic mass is 35.5. The molecule has 26 heavy (non-hydrogen) atoms. The van der Waals surface area contributed by atoms with Crippen molar-refractivity contribution in [2.45, 2.75) is 19.4 Å². The Kier molecular flexibility index (Phi) is 5.29. The third-order valence-corrected chi connectivity index (χ3v) is 6.23. The highest BCUT2D eigenvalue weighted by Gasteiger charge is 2.21. The SMILES string of the molecule is O=C(CCc1c[nH]c2ccccc12)N1CCN(Cc2ccc(Cl)s2)CC1. The van der Waals surface area contributed by atoms with Gasteiger partial charge in [0.05, 0.1) is 4.34 Å². The molecule has 1 fully saturated rings. The molecule has 0 saturated carbocycles. The minimum absolute atomic E-state index is 0.258. The van der Waals surface area contributed by atoms with Gasteiger partial charge in [0.2, 0.25) is 5.91 Å². The van der Waals surface area contributed by atoms with Gasteiger partial charge in [0.1, 0.15) is 0 Å². The van der Waals surface area contributed by atoms with Crippen LogP contribution in [0.5, 0.6) is 0 Å². The summed E-state index contributed by atoms with van der Waals surface area (Å²) in [6.45, 7) is 4.40. The first-order valence-electron chi connectivity index (χ1n) is 8.98. The minimum atomic E-state index is 0.258. The molecule has 4 nitrogen and oxygen atoms in total. The number of hydrogen-bond acceptors (Lipinski definition) is 3. The topological polar surface area (TPSA) is 39.3 Å². The Hall–Kier alpha value is -1.82. The number of aromatic amines is 1. The van der Waals surface area contributed by atoms with E-state index in [2.05, 4.69) is 28.1 Å². The molecule has 0 spiro atoms. The summed E-state index contributed by atoms with van der Waals surface area (Å²) in [5.74, 6) is 0.258. The van der Waals surface area contributed by atoms with Crippen molar-refractivity contribution >= 4 is 39.7 Å². The first kappa shape index (κ1) is 17.6. The number of carbonyl (C=O) groups excluding carboxylic acids is 1. The summed E-state index contributed by atoms with van der Waals surface area (Å²) >= 11 is 7.64. The van der Waals surface area contributed by atoms with Crippen LogP contribution in [-0.2, 0) is 17.8 Å². The maximum absolute atomic E-state index is 12.6. The lowest BCUT2D eigenvalue weighted by Crippen LogP contribution is -2.48. The quantitative estimate of drug-likeness (QED) is 0.714. The smallest absolute Gasteiger partial charge is 0.222 e. The number of para-hydroxylation sites is 1. The van der Waals surface area contributed by atoms with E-state index in [0.29, 0.717) is 6.42 Å². The second kappa shape index (κ2) is 7.82. The number of benzene rings is 1. The van der Waals surface area contributed by atoms with Crippen LogP contribution in [-0.4, -0.2) is 46.9 Å². The third kappa shape index (κ3) is 3.95. The van der Waals surface area contributed by atoms with E-state index in [1.165, 1.54) is 15.8 Å². The fourth-order valence-corrected chi connectivity index (χ4v) is 4.68. The first-order valence-corrected chi connectivity index (χ1v) is 10.2. The van der Waals surface area contributed by atoms with Crippen molar-refractivity contribution in [2.75, 3.05) is 26.2 Å². The van der Waals surface area contributed by atoms with E-state index in [-0.39, 0.29) is 5.91 Å². The zero-order valence-corrected chi connectivity index (χ0v) is 16.2. The van der Waals surface area contributed by atoms with Crippen LogP contribution in [0.1, 0.15) is 16.9 Å². The van der Waals surface area contributed by atoms with Crippen LogP contribution < -0.4 is 0 Å². The van der Waals surface area contributed by atoms with E-state index in [1.54, 1.807) is 11.3 Å². The molecule has 0 radical (unpaired) electrons. The number of amides is 1. The molecule has 0 aliphatic carbocycles. The molecule has 1 amide bonds. The van der Waals surface area contributed by atoms with Crippen LogP contribution >= 0.6 is 22.9 Å². The molecule has 3 aromatic rings. The van der Waals surface area contributed by atoms with Crippen LogP contribution in [0.3, 0.4) is 0 Å². The number of halogens is 1. The fourth-order valence-electron chi connectivity index (χ4n) is 3.55. The predicted molar refractivity (Wildman–Crippen MR) is 108 cm³/mol. The van der Waals surface area contributed by atoms with Crippen molar-refractivity contribution in [3.8, 4) is 0 Å². The maximum Gasteiger partial charge on any atom is 0.222 e. The van der Waals surface area contributed by atoms with Crippen molar-refractivity contribution < 1.29 is 4.79 Å². The number of piperazine rings is 1. The molecule has 136 valence electrons. The molecular formula is C20H22ClN3OS. The molecule has 4 rings (SSSR count). The Morgan fingerprint density at radius 1 is 1.12 bits per heavy atom. The molecule has 3 heterocycles. The first-order chi connectivity index (χ1) is 12.7. The number of aryl methyl sites for hydroxylation is 1. The summed E-state index contributed by atoms with van der Waals surface area (Å²) in [5, 5.41) is 1.22. The molecule has 0 atom stereocenters. The lowest BCUT2D eigenvalue weighted by Gasteiger charge is -2.34. The van der Waals surface area contributed by atoms with E-state index >= 15 is 0 Å². The Morgan fingerprint density at radius 2 is 1.92 bits per heavy atom. The molecule has 1 aliphatic heterocycles. The average molecular weight is 388 g/mol. The largest absolute Gasteiger partial charge is 0.361 e. The van der Waals surface area contributed by atoms with E-state index in [1.807, 2.05) is 29.3 Å². The second-order valence-electron chi connectivity index (χ2n) is 6.72. The molecule has 2 aromatic heterocycles. The van der Waals surface area contributed by atoms with Gasteiger partial charge in [-0.15, -0.1) is 11.3 Å². The van der Waals surface area contributed by atoms with Crippen LogP contribution in [0.4, 0.5) is 0 Å². The van der Waals surface area contributed by atoms with Crippen LogP contribution in [0.25, 0.3) is 10.9 Å². The van der Waals surface area contributed by atoms with Crippen LogP contribution in [0.2, 0.25) is 4.34 Å². The summed E-state index contributed by atoms with van der Waals surface area (Å²) < 4.78 is 0.839. The lowest BCUT2D eigenvalue weighted by atomic mass is 10.1. The van der Waals surface area contributed by atoms with Gasteiger partial charge < -0.3 is 9.88 Å². The molecular weight excluding hydrogens is 366 g/mol. The van der Waals surface area contributed by atoms with Crippen molar-refractivity contribution in [3.63, 3.8) is 0 Å². The minimum Gasteiger partial charge on any atom is -0.361 e. The summed E-state index contributed by atoms with van der Waals surface area (Å²) in [7, 11) is 0. The zero-order chi connectivity index (χ0) is 17.9. The number of fused-ring (bicyclic) bond motifs is 1. The number of thiophene rings is 1. The Labute approximate surface area is 162 Å². The van der Waals surface area contributed by atoms with Gasteiger partial charge in [-0.1, -0.05) is 29.8 Å². The van der Waals surface area contributed by atoms with E-state index in [9.17, 15) is 4.79 Å². The van der Waals surface area contributed by atoms with Gasteiger partial charge in [0.15, 0.2) is 0 Å². The highest BCUT2D eigenvalue weighted by Crippen LogP contribution is 2.23. The van der Waals surface area contributed by atoms with Crippen molar-refractivity contribution in [3.05, 3.63) is 57.4 Å². The van der Waals surface area contributed by atoms with Crippen molar-refractivity contribution in [1.82, 2.24) is 14.8 Å². The second-order valence-corrected chi connectivity index (χ2v) is 8.52.